The summed E-state index contributed by atoms with van der Waals surface area (Å²) in [6.07, 6.45) is 7.53. The van der Waals surface area contributed by atoms with E-state index in [0.717, 1.165) is 49.3 Å². The third kappa shape index (κ3) is 1.34. The van der Waals surface area contributed by atoms with Crippen molar-refractivity contribution in [2.24, 2.45) is 0 Å². The predicted octanol–water partition coefficient (Wildman–Crippen LogP) is 4.94. The van der Waals surface area contributed by atoms with Crippen LogP contribution in [0.15, 0.2) is 71.7 Å². The first-order chi connectivity index (χ1) is 11.9. The van der Waals surface area contributed by atoms with Gasteiger partial charge in [-0.1, -0.05) is 24.3 Å². The fraction of sp³-hybridized carbons (Fsp3) is 0. The smallest absolute Gasteiger partial charge is 0.160 e. The maximum atomic E-state index is 6.22. The Morgan fingerprint density at radius 3 is 2.71 bits per heavy atom. The van der Waals surface area contributed by atoms with Crippen molar-refractivity contribution in [1.29, 1.82) is 0 Å². The number of hydrogen-bond donors (Lipinski definition) is 0. The molecule has 4 heteroatoms. The van der Waals surface area contributed by atoms with Crippen molar-refractivity contribution in [2.45, 2.75) is 0 Å². The second-order valence-corrected chi connectivity index (χ2v) is 5.98. The lowest BCUT2D eigenvalue weighted by Gasteiger charge is -2.08. The fourth-order valence-electron chi connectivity index (χ4n) is 3.72. The molecule has 2 aromatic carbocycles. The minimum Gasteiger partial charge on any atom is -0.454 e. The van der Waals surface area contributed by atoms with Crippen LogP contribution in [0, 0.1) is 0 Å². The second-order valence-electron chi connectivity index (χ2n) is 5.98. The van der Waals surface area contributed by atoms with E-state index in [1.54, 1.807) is 0 Å². The molecular formula is C20H11N3O. The van der Waals surface area contributed by atoms with Crippen LogP contribution < -0.4 is 0 Å². The molecule has 6 aromatic rings. The highest BCUT2D eigenvalue weighted by Gasteiger charge is 2.15. The summed E-state index contributed by atoms with van der Waals surface area (Å²) in [4.78, 5) is 8.86. The van der Waals surface area contributed by atoms with Gasteiger partial charge in [-0.2, -0.15) is 0 Å². The molecule has 112 valence electrons. The van der Waals surface area contributed by atoms with Crippen LogP contribution in [0.2, 0.25) is 0 Å². The summed E-state index contributed by atoms with van der Waals surface area (Å²) in [6.45, 7) is 0. The lowest BCUT2D eigenvalue weighted by molar-refractivity contribution is 0.671. The highest BCUT2D eigenvalue weighted by molar-refractivity contribution is 6.21. The number of fused-ring (bicyclic) bond motifs is 10. The molecule has 0 aliphatic rings. The average Bonchev–Trinajstić information content (AvgIpc) is 3.26. The lowest BCUT2D eigenvalue weighted by Crippen LogP contribution is -1.91. The van der Waals surface area contributed by atoms with Crippen molar-refractivity contribution >= 4 is 49.3 Å². The van der Waals surface area contributed by atoms with Gasteiger partial charge < -0.3 is 4.42 Å². The van der Waals surface area contributed by atoms with E-state index in [1.807, 2.05) is 49.1 Å². The van der Waals surface area contributed by atoms with Crippen molar-refractivity contribution in [2.75, 3.05) is 0 Å². The molecular weight excluding hydrogens is 298 g/mol. The number of imidazole rings is 1. The molecule has 0 aliphatic heterocycles. The first-order valence-corrected chi connectivity index (χ1v) is 7.84. The summed E-state index contributed by atoms with van der Waals surface area (Å²) < 4.78 is 8.34. The van der Waals surface area contributed by atoms with Gasteiger partial charge in [0.1, 0.15) is 11.2 Å². The normalized spacial score (nSPS) is 12.2. The average molecular weight is 309 g/mol. The Morgan fingerprint density at radius 2 is 1.71 bits per heavy atom. The van der Waals surface area contributed by atoms with Gasteiger partial charge in [0, 0.05) is 51.7 Å². The molecule has 0 radical (unpaired) electrons. The Bertz CT molecular complexity index is 1410. The summed E-state index contributed by atoms with van der Waals surface area (Å²) >= 11 is 0. The first kappa shape index (κ1) is 12.1. The maximum absolute atomic E-state index is 6.22. The Kier molecular flexibility index (Phi) is 2.07. The number of para-hydroxylation sites is 1. The van der Waals surface area contributed by atoms with Crippen LogP contribution in [-0.4, -0.2) is 14.4 Å². The summed E-state index contributed by atoms with van der Waals surface area (Å²) in [5.41, 5.74) is 3.76. The van der Waals surface area contributed by atoms with E-state index >= 15 is 0 Å². The predicted molar refractivity (Wildman–Crippen MR) is 95.3 cm³/mol. The van der Waals surface area contributed by atoms with Crippen LogP contribution in [0.25, 0.3) is 49.3 Å². The zero-order valence-electron chi connectivity index (χ0n) is 12.6. The second kappa shape index (κ2) is 4.11. The van der Waals surface area contributed by atoms with Gasteiger partial charge in [0.15, 0.2) is 5.58 Å². The summed E-state index contributed by atoms with van der Waals surface area (Å²) in [5, 5.41) is 5.56. The lowest BCUT2D eigenvalue weighted by atomic mass is 10.1. The Hall–Kier alpha value is -3.40. The van der Waals surface area contributed by atoms with Gasteiger partial charge in [0.2, 0.25) is 0 Å². The first-order valence-electron chi connectivity index (χ1n) is 7.84. The summed E-state index contributed by atoms with van der Waals surface area (Å²) in [7, 11) is 0. The molecule has 4 heterocycles. The quantitative estimate of drug-likeness (QED) is 0.373. The van der Waals surface area contributed by atoms with Gasteiger partial charge in [0.05, 0.1) is 5.52 Å². The maximum Gasteiger partial charge on any atom is 0.160 e. The number of aromatic nitrogens is 3. The van der Waals surface area contributed by atoms with Gasteiger partial charge in [0.25, 0.3) is 0 Å². The fourth-order valence-corrected chi connectivity index (χ4v) is 3.72. The minimum atomic E-state index is 0.891. The summed E-state index contributed by atoms with van der Waals surface area (Å²) in [6, 6.07) is 14.5. The largest absolute Gasteiger partial charge is 0.454 e. The molecule has 0 unspecified atom stereocenters. The van der Waals surface area contributed by atoms with Gasteiger partial charge >= 0.3 is 0 Å². The topological polar surface area (TPSA) is 43.3 Å². The van der Waals surface area contributed by atoms with Crippen molar-refractivity contribution < 1.29 is 4.42 Å². The van der Waals surface area contributed by atoms with E-state index < -0.39 is 0 Å². The number of rotatable bonds is 0. The molecule has 0 amide bonds. The molecule has 4 nitrogen and oxygen atoms in total. The van der Waals surface area contributed by atoms with Crippen molar-refractivity contribution in [3.63, 3.8) is 0 Å². The van der Waals surface area contributed by atoms with Crippen LogP contribution in [0.1, 0.15) is 0 Å². The molecule has 6 rings (SSSR count). The molecule has 0 spiro atoms. The van der Waals surface area contributed by atoms with Gasteiger partial charge in [-0.05, 0) is 18.2 Å². The van der Waals surface area contributed by atoms with E-state index in [4.69, 9.17) is 4.42 Å². The summed E-state index contributed by atoms with van der Waals surface area (Å²) in [5.74, 6) is 0. The van der Waals surface area contributed by atoms with E-state index in [9.17, 15) is 0 Å². The molecule has 0 N–H and O–H groups in total. The molecule has 0 saturated heterocycles. The van der Waals surface area contributed by atoms with Crippen molar-refractivity contribution in [3.05, 3.63) is 67.3 Å². The molecule has 0 aliphatic carbocycles. The standard InChI is InChI=1S/C20H11N3O/c1-2-4-17-12(3-1)14-6-5-13-16-11-21-8-7-15(16)20-22-9-10-23(20)18(13)19(14)24-17/h1-11H. The third-order valence-electron chi connectivity index (χ3n) is 4.75. The van der Waals surface area contributed by atoms with Gasteiger partial charge in [-0.25, -0.2) is 4.98 Å². The van der Waals surface area contributed by atoms with Crippen LogP contribution in [-0.2, 0) is 0 Å². The molecule has 0 bridgehead atoms. The number of pyridine rings is 2. The van der Waals surface area contributed by atoms with E-state index in [2.05, 4.69) is 32.6 Å². The minimum absolute atomic E-state index is 0.891. The van der Waals surface area contributed by atoms with E-state index in [1.165, 1.54) is 0 Å². The number of benzene rings is 2. The Morgan fingerprint density at radius 1 is 0.792 bits per heavy atom. The molecule has 0 saturated carbocycles. The van der Waals surface area contributed by atoms with Crippen LogP contribution in [0.3, 0.4) is 0 Å². The van der Waals surface area contributed by atoms with Gasteiger partial charge in [-0.3, -0.25) is 9.38 Å². The Balaban J connectivity index is 2.02. The van der Waals surface area contributed by atoms with Crippen LogP contribution in [0.4, 0.5) is 0 Å². The zero-order chi connectivity index (χ0) is 15.7. The number of nitrogens with zero attached hydrogens (tertiary/aromatic N) is 3. The SMILES string of the molecule is c1ccc2c(c1)oc1c2ccc2c3cnccc3c3nccn3c21. The van der Waals surface area contributed by atoms with Crippen LogP contribution in [0.5, 0.6) is 0 Å². The molecule has 0 fully saturated rings. The molecule has 0 atom stereocenters. The third-order valence-corrected chi connectivity index (χ3v) is 4.75. The van der Waals surface area contributed by atoms with Crippen LogP contribution >= 0.6 is 0 Å². The molecule has 24 heavy (non-hydrogen) atoms. The van der Waals surface area contributed by atoms with Gasteiger partial charge in [-0.15, -0.1) is 0 Å². The highest BCUT2D eigenvalue weighted by atomic mass is 16.3. The monoisotopic (exact) mass is 309 g/mol. The molecule has 4 aromatic heterocycles. The van der Waals surface area contributed by atoms with E-state index in [0.29, 0.717) is 0 Å². The van der Waals surface area contributed by atoms with Crippen molar-refractivity contribution in [3.8, 4) is 0 Å². The number of furan rings is 1. The van der Waals surface area contributed by atoms with Crippen molar-refractivity contribution in [1.82, 2.24) is 14.4 Å². The number of hydrogen-bond acceptors (Lipinski definition) is 3. The zero-order valence-corrected chi connectivity index (χ0v) is 12.6. The Labute approximate surface area is 136 Å². The van der Waals surface area contributed by atoms with E-state index in [-0.39, 0.29) is 0 Å². The highest BCUT2D eigenvalue weighted by Crippen LogP contribution is 2.37.